The summed E-state index contributed by atoms with van der Waals surface area (Å²) in [5.41, 5.74) is 3.42. The Hall–Kier alpha value is -3.85. The number of halogens is 2. The number of aryl methyl sites for hydroxylation is 2. The molecule has 0 radical (unpaired) electrons. The van der Waals surface area contributed by atoms with Crippen molar-refractivity contribution in [2.45, 2.75) is 37.8 Å². The van der Waals surface area contributed by atoms with E-state index in [4.69, 9.17) is 23.2 Å². The molecule has 0 unspecified atom stereocenters. The number of anilines is 1. The Morgan fingerprint density at radius 1 is 0.814 bits per heavy atom. The highest BCUT2D eigenvalue weighted by Gasteiger charge is 2.34. The number of hydrogen-bond donors (Lipinski definition) is 1. The van der Waals surface area contributed by atoms with Gasteiger partial charge in [-0.25, -0.2) is 8.42 Å². The molecule has 1 atom stereocenters. The summed E-state index contributed by atoms with van der Waals surface area (Å²) in [5, 5.41) is 3.32. The predicted molar refractivity (Wildman–Crippen MR) is 172 cm³/mol. The summed E-state index contributed by atoms with van der Waals surface area (Å²) < 4.78 is 29.3. The number of carbonyl (C=O) groups is 2. The Bertz CT molecular complexity index is 1700. The zero-order valence-corrected chi connectivity index (χ0v) is 26.5. The van der Waals surface area contributed by atoms with Gasteiger partial charge in [-0.3, -0.25) is 13.9 Å². The third-order valence-electron chi connectivity index (χ3n) is 7.13. The number of sulfonamides is 1. The Kier molecular flexibility index (Phi) is 10.5. The molecule has 10 heteroatoms. The van der Waals surface area contributed by atoms with Crippen LogP contribution in [0.25, 0.3) is 0 Å². The van der Waals surface area contributed by atoms with Crippen molar-refractivity contribution in [1.29, 1.82) is 0 Å². The highest BCUT2D eigenvalue weighted by molar-refractivity contribution is 7.92. The van der Waals surface area contributed by atoms with Gasteiger partial charge in [0, 0.05) is 20.0 Å². The molecule has 0 bridgehead atoms. The standard InChI is InChI=1S/C33H33Cl2N3O4S/c1-23-13-16-27(17-14-23)43(41,42)38(30-12-8-7-9-24(30)2)22-32(39)37(21-26-15-18-28(34)29(35)19-26)31(33(40)36-3)20-25-10-5-4-6-11-25/h4-19,31H,20-22H2,1-3H3,(H,36,40)/t31-/m1/s1. The van der Waals surface area contributed by atoms with Crippen LogP contribution in [0.15, 0.2) is 102 Å². The van der Waals surface area contributed by atoms with Crippen LogP contribution in [0.1, 0.15) is 22.3 Å². The molecule has 0 saturated heterocycles. The van der Waals surface area contributed by atoms with Crippen molar-refractivity contribution in [2.24, 2.45) is 0 Å². The van der Waals surface area contributed by atoms with Gasteiger partial charge >= 0.3 is 0 Å². The van der Waals surface area contributed by atoms with Gasteiger partial charge in [-0.05, 0) is 60.9 Å². The van der Waals surface area contributed by atoms with E-state index in [2.05, 4.69) is 5.32 Å². The van der Waals surface area contributed by atoms with Crippen LogP contribution in [0, 0.1) is 13.8 Å². The Balaban J connectivity index is 1.81. The van der Waals surface area contributed by atoms with Crippen LogP contribution >= 0.6 is 23.2 Å². The van der Waals surface area contributed by atoms with Crippen molar-refractivity contribution < 1.29 is 18.0 Å². The summed E-state index contributed by atoms with van der Waals surface area (Å²) in [6.45, 7) is 3.11. The number of rotatable bonds is 11. The number of carbonyl (C=O) groups excluding carboxylic acids is 2. The summed E-state index contributed by atoms with van der Waals surface area (Å²) in [6.07, 6.45) is 0.211. The highest BCUT2D eigenvalue weighted by Crippen LogP contribution is 2.29. The lowest BCUT2D eigenvalue weighted by molar-refractivity contribution is -0.139. The summed E-state index contributed by atoms with van der Waals surface area (Å²) in [7, 11) is -2.67. The van der Waals surface area contributed by atoms with Gasteiger partial charge in [-0.15, -0.1) is 0 Å². The predicted octanol–water partition coefficient (Wildman–Crippen LogP) is 6.19. The lowest BCUT2D eigenvalue weighted by atomic mass is 10.0. The molecule has 2 amide bonds. The Labute approximate surface area is 263 Å². The molecule has 0 aliphatic heterocycles. The monoisotopic (exact) mass is 637 g/mol. The maximum Gasteiger partial charge on any atom is 0.264 e. The summed E-state index contributed by atoms with van der Waals surface area (Å²) in [6, 6.07) is 26.8. The van der Waals surface area contributed by atoms with E-state index in [0.717, 1.165) is 15.4 Å². The van der Waals surface area contributed by atoms with Gasteiger partial charge in [0.25, 0.3) is 10.0 Å². The van der Waals surface area contributed by atoms with Gasteiger partial charge in [0.1, 0.15) is 12.6 Å². The second kappa shape index (κ2) is 14.1. The van der Waals surface area contributed by atoms with Gasteiger partial charge in [-0.2, -0.15) is 0 Å². The number of amides is 2. The largest absolute Gasteiger partial charge is 0.357 e. The van der Waals surface area contributed by atoms with Gasteiger partial charge in [0.2, 0.25) is 11.8 Å². The fraction of sp³-hybridized carbons (Fsp3) is 0.212. The molecule has 224 valence electrons. The molecule has 0 aliphatic rings. The first-order valence-electron chi connectivity index (χ1n) is 13.6. The fourth-order valence-electron chi connectivity index (χ4n) is 4.75. The molecular weight excluding hydrogens is 605 g/mol. The lowest BCUT2D eigenvalue weighted by Gasteiger charge is -2.34. The molecule has 4 aromatic carbocycles. The molecule has 0 aromatic heterocycles. The first-order chi connectivity index (χ1) is 20.5. The molecular formula is C33H33Cl2N3O4S. The lowest BCUT2D eigenvalue weighted by Crippen LogP contribution is -2.53. The van der Waals surface area contributed by atoms with Gasteiger partial charge in [-0.1, -0.05) is 95.5 Å². The number of nitrogens with zero attached hydrogens (tertiary/aromatic N) is 2. The minimum absolute atomic E-state index is 0.00711. The summed E-state index contributed by atoms with van der Waals surface area (Å²) >= 11 is 12.4. The van der Waals surface area contributed by atoms with Crippen LogP contribution in [-0.4, -0.2) is 44.8 Å². The Morgan fingerprint density at radius 2 is 1.47 bits per heavy atom. The van der Waals surface area contributed by atoms with Crippen molar-refractivity contribution in [3.8, 4) is 0 Å². The first-order valence-corrected chi connectivity index (χ1v) is 15.8. The van der Waals surface area contributed by atoms with Crippen molar-refractivity contribution in [3.63, 3.8) is 0 Å². The molecule has 4 rings (SSSR count). The molecule has 4 aromatic rings. The van der Waals surface area contributed by atoms with Crippen molar-refractivity contribution in [3.05, 3.63) is 129 Å². The molecule has 0 heterocycles. The zero-order valence-electron chi connectivity index (χ0n) is 24.1. The van der Waals surface area contributed by atoms with Crippen molar-refractivity contribution in [2.75, 3.05) is 17.9 Å². The van der Waals surface area contributed by atoms with E-state index in [0.29, 0.717) is 26.9 Å². The van der Waals surface area contributed by atoms with E-state index in [1.807, 2.05) is 37.3 Å². The maximum absolute atomic E-state index is 14.4. The van der Waals surface area contributed by atoms with Crippen LogP contribution in [0.5, 0.6) is 0 Å². The van der Waals surface area contributed by atoms with E-state index >= 15 is 0 Å². The van der Waals surface area contributed by atoms with Crippen molar-refractivity contribution in [1.82, 2.24) is 10.2 Å². The first kappa shape index (κ1) is 32.1. The number of hydrogen-bond acceptors (Lipinski definition) is 4. The van der Waals surface area contributed by atoms with Gasteiger partial charge < -0.3 is 10.2 Å². The van der Waals surface area contributed by atoms with Gasteiger partial charge in [0.05, 0.1) is 20.6 Å². The average Bonchev–Trinajstić information content (AvgIpc) is 3.00. The quantitative estimate of drug-likeness (QED) is 0.212. The third-order valence-corrected chi connectivity index (χ3v) is 9.64. The van der Waals surface area contributed by atoms with E-state index in [1.165, 1.54) is 24.1 Å². The topological polar surface area (TPSA) is 86.8 Å². The van der Waals surface area contributed by atoms with E-state index in [9.17, 15) is 18.0 Å². The molecule has 0 spiro atoms. The molecule has 0 aliphatic carbocycles. The molecule has 7 nitrogen and oxygen atoms in total. The molecule has 0 fully saturated rings. The average molecular weight is 639 g/mol. The van der Waals surface area contributed by atoms with Gasteiger partial charge in [0.15, 0.2) is 0 Å². The second-order valence-corrected chi connectivity index (χ2v) is 12.9. The third kappa shape index (κ3) is 7.76. The molecule has 1 N–H and O–H groups in total. The number of nitrogens with one attached hydrogen (secondary N) is 1. The van der Waals surface area contributed by atoms with Crippen LogP contribution in [-0.2, 0) is 32.6 Å². The Morgan fingerprint density at radius 3 is 2.09 bits per heavy atom. The molecule has 43 heavy (non-hydrogen) atoms. The van der Waals surface area contributed by atoms with Crippen LogP contribution in [0.3, 0.4) is 0 Å². The van der Waals surface area contributed by atoms with Crippen molar-refractivity contribution >= 4 is 50.7 Å². The van der Waals surface area contributed by atoms with Crippen LogP contribution in [0.2, 0.25) is 10.0 Å². The normalized spacial score (nSPS) is 11.9. The minimum Gasteiger partial charge on any atom is -0.357 e. The number of likely N-dealkylation sites (N-methyl/N-ethyl adjacent to an activating group) is 1. The van der Waals surface area contributed by atoms with E-state index in [-0.39, 0.29) is 23.8 Å². The van der Waals surface area contributed by atoms with E-state index in [1.54, 1.807) is 61.5 Å². The van der Waals surface area contributed by atoms with E-state index < -0.39 is 28.5 Å². The maximum atomic E-state index is 14.4. The SMILES string of the molecule is CNC(=O)[C@@H](Cc1ccccc1)N(Cc1ccc(Cl)c(Cl)c1)C(=O)CN(c1ccccc1C)S(=O)(=O)c1ccc(C)cc1. The summed E-state index contributed by atoms with van der Waals surface area (Å²) in [4.78, 5) is 29.2. The second-order valence-electron chi connectivity index (χ2n) is 10.2. The molecule has 0 saturated carbocycles. The zero-order chi connectivity index (χ0) is 31.1. The van der Waals surface area contributed by atoms with Crippen LogP contribution in [0.4, 0.5) is 5.69 Å². The smallest absolute Gasteiger partial charge is 0.264 e. The number of benzene rings is 4. The number of para-hydroxylation sites is 1. The fourth-order valence-corrected chi connectivity index (χ4v) is 6.55. The summed E-state index contributed by atoms with van der Waals surface area (Å²) in [5.74, 6) is -0.948. The minimum atomic E-state index is -4.17. The highest BCUT2D eigenvalue weighted by atomic mass is 35.5. The van der Waals surface area contributed by atoms with Crippen LogP contribution < -0.4 is 9.62 Å².